The highest BCUT2D eigenvalue weighted by atomic mass is 16.5. The van der Waals surface area contributed by atoms with Crippen molar-refractivity contribution in [2.45, 2.75) is 86.5 Å². The summed E-state index contributed by atoms with van der Waals surface area (Å²) < 4.78 is 9.58. The van der Waals surface area contributed by atoms with Gasteiger partial charge in [-0.25, -0.2) is 0 Å². The largest absolute Gasteiger partial charge is 0.435 e. The molecule has 0 saturated carbocycles. The molecule has 0 spiro atoms. The van der Waals surface area contributed by atoms with Crippen LogP contribution >= 0.6 is 0 Å². The van der Waals surface area contributed by atoms with Gasteiger partial charge >= 0.3 is 11.9 Å². The fourth-order valence-electron chi connectivity index (χ4n) is 2.65. The average Bonchev–Trinajstić information content (AvgIpc) is 2.76. The van der Waals surface area contributed by atoms with Crippen LogP contribution < -0.4 is 0 Å². The van der Waals surface area contributed by atoms with Gasteiger partial charge in [0.15, 0.2) is 0 Å². The molecule has 0 bridgehead atoms. The number of carbonyl (C=O) groups is 2. The molecule has 4 nitrogen and oxygen atoms in total. The summed E-state index contributed by atoms with van der Waals surface area (Å²) in [6.45, 7) is 19.2. The number of carbonyl (C=O) groups excluding carboxylic acids is 2. The fourth-order valence-corrected chi connectivity index (χ4v) is 2.65. The van der Waals surface area contributed by atoms with Crippen LogP contribution in [0.1, 0.15) is 86.5 Å². The van der Waals surface area contributed by atoms with E-state index in [2.05, 4.69) is 53.0 Å². The fraction of sp³-hybridized carbons (Fsp3) is 0.517. The van der Waals surface area contributed by atoms with Gasteiger partial charge in [-0.15, -0.1) is 13.2 Å². The van der Waals surface area contributed by atoms with Gasteiger partial charge in [0, 0.05) is 13.3 Å². The first-order valence-corrected chi connectivity index (χ1v) is 11.8. The van der Waals surface area contributed by atoms with Gasteiger partial charge in [-0.1, -0.05) is 42.4 Å². The number of esters is 2. The Morgan fingerprint density at radius 3 is 1.52 bits per heavy atom. The molecule has 33 heavy (non-hydrogen) atoms. The van der Waals surface area contributed by atoms with Crippen molar-refractivity contribution < 1.29 is 19.1 Å². The molecule has 2 atom stereocenters. The quantitative estimate of drug-likeness (QED) is 0.140. The van der Waals surface area contributed by atoms with Crippen LogP contribution in [0.4, 0.5) is 0 Å². The first-order chi connectivity index (χ1) is 15.7. The summed E-state index contributed by atoms with van der Waals surface area (Å²) in [5, 5.41) is 0. The average molecular weight is 459 g/mol. The van der Waals surface area contributed by atoms with E-state index in [4.69, 9.17) is 9.47 Å². The number of hydrogen-bond donors (Lipinski definition) is 0. The molecular formula is C29H46O4. The second-order valence-corrected chi connectivity index (χ2v) is 8.38. The van der Waals surface area contributed by atoms with Crippen LogP contribution in [0.25, 0.3) is 0 Å². The zero-order chi connectivity index (χ0) is 25.5. The molecule has 0 aromatic heterocycles. The third kappa shape index (κ3) is 25.5. The van der Waals surface area contributed by atoms with Gasteiger partial charge in [0.1, 0.15) is 0 Å². The molecule has 0 aliphatic carbocycles. The molecule has 186 valence electrons. The van der Waals surface area contributed by atoms with E-state index >= 15 is 0 Å². The number of rotatable bonds is 15. The molecular weight excluding hydrogens is 412 g/mol. The first-order valence-electron chi connectivity index (χ1n) is 11.8. The van der Waals surface area contributed by atoms with Crippen molar-refractivity contribution in [2.75, 3.05) is 0 Å². The third-order valence-corrected chi connectivity index (χ3v) is 4.64. The van der Waals surface area contributed by atoms with Crippen molar-refractivity contribution in [3.63, 3.8) is 0 Å². The lowest BCUT2D eigenvalue weighted by molar-refractivity contribution is -0.138. The third-order valence-electron chi connectivity index (χ3n) is 4.64. The zero-order valence-corrected chi connectivity index (χ0v) is 21.8. The van der Waals surface area contributed by atoms with E-state index < -0.39 is 0 Å². The molecule has 0 radical (unpaired) electrons. The molecule has 0 N–H and O–H groups in total. The molecule has 4 heteroatoms. The summed E-state index contributed by atoms with van der Waals surface area (Å²) in [5.41, 5.74) is 2.69. The minimum Gasteiger partial charge on any atom is -0.435 e. The topological polar surface area (TPSA) is 52.6 Å². The van der Waals surface area contributed by atoms with Crippen LogP contribution in [-0.2, 0) is 19.1 Å². The van der Waals surface area contributed by atoms with Crippen molar-refractivity contribution in [3.05, 3.63) is 73.3 Å². The van der Waals surface area contributed by atoms with Gasteiger partial charge in [0.2, 0.25) is 0 Å². The normalized spacial score (nSPS) is 12.2. The number of hydrogen-bond acceptors (Lipinski definition) is 4. The van der Waals surface area contributed by atoms with Crippen LogP contribution in [0.15, 0.2) is 73.3 Å². The Hall–Kier alpha value is -2.62. The summed E-state index contributed by atoms with van der Waals surface area (Å²) in [7, 11) is 0. The molecule has 0 aliphatic rings. The lowest BCUT2D eigenvalue weighted by Crippen LogP contribution is -1.97. The van der Waals surface area contributed by atoms with Crippen LogP contribution in [0.5, 0.6) is 0 Å². The van der Waals surface area contributed by atoms with Crippen molar-refractivity contribution in [3.8, 4) is 0 Å². The number of allylic oxidation sites excluding steroid dienone is 8. The monoisotopic (exact) mass is 458 g/mol. The second-order valence-electron chi connectivity index (χ2n) is 8.38. The van der Waals surface area contributed by atoms with Gasteiger partial charge in [-0.3, -0.25) is 9.59 Å². The van der Waals surface area contributed by atoms with E-state index in [1.165, 1.54) is 30.6 Å². The van der Waals surface area contributed by atoms with Gasteiger partial charge < -0.3 is 9.47 Å². The summed E-state index contributed by atoms with van der Waals surface area (Å²) in [5.74, 6) is 0.418. The standard InChI is InChI=1S/C15H24O2.C14H22O2/c1-5-14(10-7-9-13(3)4)11-8-12-17-15(16)6-2;1-5-14(9-6-8-12(2)3)10-7-11-16-13(4)15/h5,8-9,12,14H,1,6-7,10-11H2,2-4H3;5,7-8,11,14H,1,6,9-10H2,2-4H3. The van der Waals surface area contributed by atoms with E-state index in [0.717, 1.165) is 38.5 Å². The van der Waals surface area contributed by atoms with Crippen molar-refractivity contribution in [1.29, 1.82) is 0 Å². The first kappa shape index (κ1) is 32.6. The Kier molecular flexibility index (Phi) is 22.3. The van der Waals surface area contributed by atoms with Gasteiger partial charge in [0.25, 0.3) is 0 Å². The summed E-state index contributed by atoms with van der Waals surface area (Å²) in [4.78, 5) is 21.4. The van der Waals surface area contributed by atoms with Crippen LogP contribution in [-0.4, -0.2) is 11.9 Å². The van der Waals surface area contributed by atoms with E-state index in [-0.39, 0.29) is 11.9 Å². The molecule has 0 aliphatic heterocycles. The molecule has 2 unspecified atom stereocenters. The Bertz CT molecular complexity index is 672. The maximum Gasteiger partial charge on any atom is 0.310 e. The lowest BCUT2D eigenvalue weighted by atomic mass is 9.99. The zero-order valence-electron chi connectivity index (χ0n) is 21.8. The highest BCUT2D eigenvalue weighted by Gasteiger charge is 2.01. The van der Waals surface area contributed by atoms with E-state index in [1.54, 1.807) is 6.92 Å². The Balaban J connectivity index is 0. The molecule has 0 aromatic rings. The SMILES string of the molecule is C=CC(CC=COC(=O)CC)CCC=C(C)C.C=CC(CC=COC(C)=O)CCC=C(C)C. The molecule has 0 heterocycles. The Labute approximate surface area is 202 Å². The molecule has 0 aromatic carbocycles. The van der Waals surface area contributed by atoms with Gasteiger partial charge in [0.05, 0.1) is 12.5 Å². The summed E-state index contributed by atoms with van der Waals surface area (Å²) >= 11 is 0. The molecule has 0 fully saturated rings. The molecule has 0 amide bonds. The summed E-state index contributed by atoms with van der Waals surface area (Å²) in [6.07, 6.45) is 21.6. The highest BCUT2D eigenvalue weighted by molar-refractivity contribution is 5.69. The van der Waals surface area contributed by atoms with Crippen molar-refractivity contribution in [1.82, 2.24) is 0 Å². The van der Waals surface area contributed by atoms with Crippen molar-refractivity contribution in [2.24, 2.45) is 11.8 Å². The Morgan fingerprint density at radius 2 is 1.18 bits per heavy atom. The van der Waals surface area contributed by atoms with E-state index in [1.807, 2.05) is 24.3 Å². The second kappa shape index (κ2) is 22.6. The maximum absolute atomic E-state index is 10.9. The minimum atomic E-state index is -0.282. The van der Waals surface area contributed by atoms with Gasteiger partial charge in [-0.05, 0) is 90.2 Å². The Morgan fingerprint density at radius 1 is 0.758 bits per heavy atom. The highest BCUT2D eigenvalue weighted by Crippen LogP contribution is 2.15. The minimum absolute atomic E-state index is 0.194. The van der Waals surface area contributed by atoms with E-state index in [9.17, 15) is 9.59 Å². The summed E-state index contributed by atoms with van der Waals surface area (Å²) in [6, 6.07) is 0. The van der Waals surface area contributed by atoms with Crippen LogP contribution in [0.3, 0.4) is 0 Å². The van der Waals surface area contributed by atoms with Gasteiger partial charge in [-0.2, -0.15) is 0 Å². The molecule has 0 rings (SSSR count). The number of ether oxygens (including phenoxy) is 2. The smallest absolute Gasteiger partial charge is 0.310 e. The predicted octanol–water partition coefficient (Wildman–Crippen LogP) is 8.39. The van der Waals surface area contributed by atoms with E-state index in [0.29, 0.717) is 18.3 Å². The predicted molar refractivity (Wildman–Crippen MR) is 140 cm³/mol. The molecule has 0 saturated heterocycles. The lowest BCUT2D eigenvalue weighted by Gasteiger charge is -2.07. The van der Waals surface area contributed by atoms with Crippen molar-refractivity contribution >= 4 is 11.9 Å². The van der Waals surface area contributed by atoms with Crippen LogP contribution in [0, 0.1) is 11.8 Å². The maximum atomic E-state index is 10.9. The van der Waals surface area contributed by atoms with Crippen LogP contribution in [0.2, 0.25) is 0 Å².